The fraction of sp³-hybridized carbons (Fsp3) is 0.632. The second-order valence-corrected chi connectivity index (χ2v) is 7.40. The lowest BCUT2D eigenvalue weighted by Gasteiger charge is -2.37. The van der Waals surface area contributed by atoms with Crippen molar-refractivity contribution in [2.45, 2.75) is 40.0 Å². The van der Waals surface area contributed by atoms with E-state index in [2.05, 4.69) is 48.8 Å². The fourth-order valence-corrected chi connectivity index (χ4v) is 4.10. The summed E-state index contributed by atoms with van der Waals surface area (Å²) < 4.78 is 0. The van der Waals surface area contributed by atoms with Crippen LogP contribution in [0.25, 0.3) is 0 Å². The molecule has 0 radical (unpaired) electrons. The van der Waals surface area contributed by atoms with Crippen LogP contribution in [-0.2, 0) is 11.2 Å². The largest absolute Gasteiger partial charge is 0.362 e. The molecule has 1 aromatic carbocycles. The minimum atomic E-state index is 0.298. The van der Waals surface area contributed by atoms with Gasteiger partial charge >= 0.3 is 0 Å². The van der Waals surface area contributed by atoms with Gasteiger partial charge in [-0.3, -0.25) is 4.79 Å². The topological polar surface area (TPSA) is 23.6 Å². The molecule has 0 aromatic heterocycles. The maximum Gasteiger partial charge on any atom is 0.242 e. The Balaban J connectivity index is 1.70. The second-order valence-electron chi connectivity index (χ2n) is 7.40. The van der Waals surface area contributed by atoms with Crippen molar-refractivity contribution < 1.29 is 4.79 Å². The maximum atomic E-state index is 12.7. The summed E-state index contributed by atoms with van der Waals surface area (Å²) in [5.74, 6) is 1.56. The van der Waals surface area contributed by atoms with Crippen LogP contribution < -0.4 is 4.90 Å². The number of carbonyl (C=O) groups is 1. The molecule has 1 fully saturated rings. The highest BCUT2D eigenvalue weighted by molar-refractivity contribution is 5.82. The lowest BCUT2D eigenvalue weighted by atomic mass is 9.92. The Hall–Kier alpha value is -1.51. The molecule has 2 aliphatic rings. The molecule has 1 amide bonds. The number of fused-ring (bicyclic) bond motifs is 1. The number of piperidine rings is 1. The lowest BCUT2D eigenvalue weighted by Crippen LogP contribution is -2.47. The first-order valence-corrected chi connectivity index (χ1v) is 8.65. The summed E-state index contributed by atoms with van der Waals surface area (Å²) in [6.45, 7) is 10.1. The van der Waals surface area contributed by atoms with Crippen molar-refractivity contribution in [2.75, 3.05) is 31.1 Å². The Kier molecular flexibility index (Phi) is 4.42. The van der Waals surface area contributed by atoms with E-state index in [-0.39, 0.29) is 0 Å². The first kappa shape index (κ1) is 15.4. The average molecular weight is 300 g/mol. The quantitative estimate of drug-likeness (QED) is 0.837. The highest BCUT2D eigenvalue weighted by Gasteiger charge is 2.27. The monoisotopic (exact) mass is 300 g/mol. The fourth-order valence-electron chi connectivity index (χ4n) is 4.10. The Labute approximate surface area is 134 Å². The predicted octanol–water partition coefficient (Wildman–Crippen LogP) is 3.25. The van der Waals surface area contributed by atoms with Gasteiger partial charge in [-0.1, -0.05) is 31.5 Å². The SMILES string of the molecule is Cc1ccc2c(c1)CCCN2CC(=O)N1CC(C)CC(C)C1. The van der Waals surface area contributed by atoms with Gasteiger partial charge in [0.05, 0.1) is 6.54 Å². The van der Waals surface area contributed by atoms with E-state index < -0.39 is 0 Å². The Morgan fingerprint density at radius 1 is 1.23 bits per heavy atom. The van der Waals surface area contributed by atoms with Crippen LogP contribution in [0.4, 0.5) is 5.69 Å². The summed E-state index contributed by atoms with van der Waals surface area (Å²) in [6, 6.07) is 6.63. The van der Waals surface area contributed by atoms with Crippen LogP contribution in [0, 0.1) is 18.8 Å². The van der Waals surface area contributed by atoms with Crippen LogP contribution in [0.3, 0.4) is 0 Å². The number of likely N-dealkylation sites (tertiary alicyclic amines) is 1. The average Bonchev–Trinajstić information content (AvgIpc) is 2.46. The van der Waals surface area contributed by atoms with Gasteiger partial charge in [0.1, 0.15) is 0 Å². The van der Waals surface area contributed by atoms with E-state index >= 15 is 0 Å². The molecule has 2 heterocycles. The zero-order chi connectivity index (χ0) is 15.7. The second kappa shape index (κ2) is 6.31. The van der Waals surface area contributed by atoms with Gasteiger partial charge in [-0.25, -0.2) is 0 Å². The Bertz CT molecular complexity index is 544. The van der Waals surface area contributed by atoms with Crippen molar-refractivity contribution in [3.05, 3.63) is 29.3 Å². The number of carbonyl (C=O) groups excluding carboxylic acids is 1. The van der Waals surface area contributed by atoms with Gasteiger partial charge in [-0.05, 0) is 49.7 Å². The first-order valence-electron chi connectivity index (χ1n) is 8.65. The Morgan fingerprint density at radius 3 is 2.68 bits per heavy atom. The number of amides is 1. The van der Waals surface area contributed by atoms with Crippen LogP contribution in [-0.4, -0.2) is 37.0 Å². The highest BCUT2D eigenvalue weighted by Crippen LogP contribution is 2.28. The minimum Gasteiger partial charge on any atom is -0.362 e. The van der Waals surface area contributed by atoms with E-state index in [1.165, 1.54) is 23.2 Å². The van der Waals surface area contributed by atoms with Crippen LogP contribution in [0.15, 0.2) is 18.2 Å². The van der Waals surface area contributed by atoms with Gasteiger partial charge in [0.2, 0.25) is 5.91 Å². The molecule has 2 atom stereocenters. The molecular weight excluding hydrogens is 272 g/mol. The third-order valence-electron chi connectivity index (χ3n) is 5.00. The van der Waals surface area contributed by atoms with E-state index in [4.69, 9.17) is 0 Å². The molecule has 0 aliphatic carbocycles. The highest BCUT2D eigenvalue weighted by atomic mass is 16.2. The van der Waals surface area contributed by atoms with Crippen LogP contribution >= 0.6 is 0 Å². The number of benzene rings is 1. The van der Waals surface area contributed by atoms with Gasteiger partial charge in [0.25, 0.3) is 0 Å². The number of anilines is 1. The van der Waals surface area contributed by atoms with E-state index in [0.717, 1.165) is 32.5 Å². The summed E-state index contributed by atoms with van der Waals surface area (Å²) in [6.07, 6.45) is 3.53. The summed E-state index contributed by atoms with van der Waals surface area (Å²) in [5.41, 5.74) is 3.98. The molecular formula is C19H28N2O. The predicted molar refractivity (Wildman–Crippen MR) is 91.2 cm³/mol. The van der Waals surface area contributed by atoms with Crippen LogP contribution in [0.2, 0.25) is 0 Å². The molecule has 22 heavy (non-hydrogen) atoms. The minimum absolute atomic E-state index is 0.298. The molecule has 3 rings (SSSR count). The van der Waals surface area contributed by atoms with Crippen molar-refractivity contribution in [2.24, 2.45) is 11.8 Å². The third-order valence-corrected chi connectivity index (χ3v) is 5.00. The molecule has 120 valence electrons. The zero-order valence-corrected chi connectivity index (χ0v) is 14.1. The normalized spacial score (nSPS) is 25.0. The van der Waals surface area contributed by atoms with E-state index in [1.807, 2.05) is 0 Å². The first-order chi connectivity index (χ1) is 10.5. The molecule has 1 saturated heterocycles. The number of rotatable bonds is 2. The third kappa shape index (κ3) is 3.29. The number of hydrogen-bond donors (Lipinski definition) is 0. The van der Waals surface area contributed by atoms with Crippen LogP contribution in [0.1, 0.15) is 37.8 Å². The summed E-state index contributed by atoms with van der Waals surface area (Å²) in [5, 5.41) is 0. The summed E-state index contributed by atoms with van der Waals surface area (Å²) >= 11 is 0. The maximum absolute atomic E-state index is 12.7. The van der Waals surface area contributed by atoms with E-state index in [1.54, 1.807) is 0 Å². The van der Waals surface area contributed by atoms with Gasteiger partial charge in [-0.2, -0.15) is 0 Å². The molecule has 0 saturated carbocycles. The molecule has 3 nitrogen and oxygen atoms in total. The summed E-state index contributed by atoms with van der Waals surface area (Å²) in [7, 11) is 0. The van der Waals surface area contributed by atoms with Crippen molar-refractivity contribution in [1.82, 2.24) is 4.90 Å². The van der Waals surface area contributed by atoms with Crippen molar-refractivity contribution in [3.63, 3.8) is 0 Å². The summed E-state index contributed by atoms with van der Waals surface area (Å²) in [4.78, 5) is 17.1. The number of hydrogen-bond acceptors (Lipinski definition) is 2. The van der Waals surface area contributed by atoms with Gasteiger partial charge in [0, 0.05) is 25.3 Å². The molecule has 2 aliphatic heterocycles. The molecule has 0 spiro atoms. The van der Waals surface area contributed by atoms with Crippen LogP contribution in [0.5, 0.6) is 0 Å². The Morgan fingerprint density at radius 2 is 1.95 bits per heavy atom. The van der Waals surface area contributed by atoms with Crippen molar-refractivity contribution in [1.29, 1.82) is 0 Å². The molecule has 1 aromatic rings. The number of aryl methyl sites for hydroxylation is 2. The van der Waals surface area contributed by atoms with Gasteiger partial charge in [-0.15, -0.1) is 0 Å². The van der Waals surface area contributed by atoms with E-state index in [0.29, 0.717) is 24.3 Å². The van der Waals surface area contributed by atoms with Gasteiger partial charge in [0.15, 0.2) is 0 Å². The standard InChI is InChI=1S/C19H28N2O/c1-14-6-7-18-17(10-14)5-4-8-20(18)13-19(22)21-11-15(2)9-16(3)12-21/h6-7,10,15-16H,4-5,8-9,11-13H2,1-3H3. The van der Waals surface area contributed by atoms with Gasteiger partial charge < -0.3 is 9.80 Å². The van der Waals surface area contributed by atoms with Crippen molar-refractivity contribution in [3.8, 4) is 0 Å². The van der Waals surface area contributed by atoms with Crippen molar-refractivity contribution >= 4 is 11.6 Å². The smallest absolute Gasteiger partial charge is 0.242 e. The lowest BCUT2D eigenvalue weighted by molar-refractivity contribution is -0.132. The molecule has 0 N–H and O–H groups in total. The number of nitrogens with zero attached hydrogens (tertiary/aromatic N) is 2. The van der Waals surface area contributed by atoms with E-state index in [9.17, 15) is 4.79 Å². The molecule has 2 unspecified atom stereocenters. The molecule has 0 bridgehead atoms. The zero-order valence-electron chi connectivity index (χ0n) is 14.1. The molecule has 3 heteroatoms.